The van der Waals surface area contributed by atoms with Crippen LogP contribution in [0.25, 0.3) is 0 Å². The number of benzene rings is 2. The number of rotatable bonds is 10. The number of hydrogen-bond donors (Lipinski definition) is 5. The maximum absolute atomic E-state index is 10.8. The van der Waals surface area contributed by atoms with Crippen molar-refractivity contribution in [1.29, 1.82) is 0 Å². The van der Waals surface area contributed by atoms with Crippen LogP contribution in [0.4, 0.5) is 11.4 Å². The van der Waals surface area contributed by atoms with Crippen molar-refractivity contribution in [3.63, 3.8) is 0 Å². The first kappa shape index (κ1) is 25.2. The normalized spacial score (nSPS) is 10.4. The molecule has 7 nitrogen and oxygen atoms in total. The predicted molar refractivity (Wildman–Crippen MR) is 115 cm³/mol. The molecule has 0 aliphatic carbocycles. The van der Waals surface area contributed by atoms with Gasteiger partial charge in [0.2, 0.25) is 0 Å². The van der Waals surface area contributed by atoms with Gasteiger partial charge in [-0.15, -0.1) is 0 Å². The van der Waals surface area contributed by atoms with E-state index in [1.807, 2.05) is 6.07 Å². The van der Waals surface area contributed by atoms with Crippen LogP contribution < -0.4 is 5.32 Å². The Morgan fingerprint density at radius 3 is 1.86 bits per heavy atom. The molecule has 160 valence electrons. The van der Waals surface area contributed by atoms with Gasteiger partial charge in [0, 0.05) is 25.3 Å². The molecule has 0 unspecified atom stereocenters. The summed E-state index contributed by atoms with van der Waals surface area (Å²) in [6.45, 7) is 1.75. The molecule has 5 N–H and O–H groups in total. The number of carboxylic acid groups (broad SMARTS) is 1. The van der Waals surface area contributed by atoms with Crippen molar-refractivity contribution in [2.24, 2.45) is 0 Å². The summed E-state index contributed by atoms with van der Waals surface area (Å²) in [7, 11) is 0. The lowest BCUT2D eigenvalue weighted by molar-refractivity contribution is -0.136. The van der Waals surface area contributed by atoms with E-state index in [1.54, 1.807) is 41.3 Å². The first-order valence-electron chi connectivity index (χ1n) is 8.98. The van der Waals surface area contributed by atoms with E-state index >= 15 is 0 Å². The first-order valence-corrected chi connectivity index (χ1v) is 9.74. The standard InChI is InChI=1S/C14H11Cl2NO2.C6H15NO3/c15-10-5-3-6-11(16)14(10)17-12-7-2-1-4-9(12)8-13(18)19;8-4-1-7(2-5-9)3-6-10/h1-7,17H,8H2,(H,18,19);8-10H,1-6H2. The van der Waals surface area contributed by atoms with Gasteiger partial charge < -0.3 is 25.7 Å². The third kappa shape index (κ3) is 9.45. The second-order valence-corrected chi connectivity index (χ2v) is 6.78. The predicted octanol–water partition coefficient (Wildman–Crippen LogP) is 2.63. The van der Waals surface area contributed by atoms with Crippen LogP contribution >= 0.6 is 23.2 Å². The van der Waals surface area contributed by atoms with Crippen molar-refractivity contribution < 1.29 is 25.2 Å². The summed E-state index contributed by atoms with van der Waals surface area (Å²) in [5.74, 6) is -0.889. The van der Waals surface area contributed by atoms with Crippen LogP contribution in [0, 0.1) is 0 Å². The highest BCUT2D eigenvalue weighted by molar-refractivity contribution is 6.39. The molecule has 0 heterocycles. The zero-order chi connectivity index (χ0) is 21.6. The van der Waals surface area contributed by atoms with E-state index in [4.69, 9.17) is 43.6 Å². The van der Waals surface area contributed by atoms with Gasteiger partial charge in [-0.25, -0.2) is 0 Å². The zero-order valence-corrected chi connectivity index (χ0v) is 17.4. The minimum Gasteiger partial charge on any atom is -0.481 e. The average molecular weight is 445 g/mol. The number of aliphatic hydroxyl groups is 3. The molecule has 0 amide bonds. The molecular formula is C20H26Cl2N2O5. The molecule has 0 saturated heterocycles. The number of carbonyl (C=O) groups is 1. The fraction of sp³-hybridized carbons (Fsp3) is 0.350. The van der Waals surface area contributed by atoms with Crippen molar-refractivity contribution in [3.8, 4) is 0 Å². The fourth-order valence-corrected chi connectivity index (χ4v) is 2.96. The highest BCUT2D eigenvalue weighted by Gasteiger charge is 2.10. The first-order chi connectivity index (χ1) is 13.9. The number of halogens is 2. The quantitative estimate of drug-likeness (QED) is 0.382. The van der Waals surface area contributed by atoms with Gasteiger partial charge in [0.25, 0.3) is 0 Å². The molecule has 0 aliphatic heterocycles. The molecule has 0 spiro atoms. The lowest BCUT2D eigenvalue weighted by atomic mass is 10.1. The Kier molecular flexibility index (Phi) is 12.3. The Labute approximate surface area is 180 Å². The van der Waals surface area contributed by atoms with Gasteiger partial charge in [-0.05, 0) is 23.8 Å². The molecule has 2 aromatic carbocycles. The lowest BCUT2D eigenvalue weighted by Gasteiger charge is -2.17. The molecule has 29 heavy (non-hydrogen) atoms. The minimum atomic E-state index is -0.889. The molecule has 0 atom stereocenters. The number of carboxylic acids is 1. The van der Waals surface area contributed by atoms with E-state index in [0.29, 0.717) is 46.6 Å². The van der Waals surface area contributed by atoms with Crippen LogP contribution in [-0.2, 0) is 11.2 Å². The summed E-state index contributed by atoms with van der Waals surface area (Å²) in [4.78, 5) is 12.6. The van der Waals surface area contributed by atoms with Crippen LogP contribution in [0.15, 0.2) is 42.5 Å². The SMILES string of the molecule is O=C(O)Cc1ccccc1Nc1c(Cl)cccc1Cl.OCCN(CCO)CCO. The van der Waals surface area contributed by atoms with Gasteiger partial charge in [-0.1, -0.05) is 47.5 Å². The number of anilines is 2. The molecule has 0 fully saturated rings. The molecule has 2 aromatic rings. The van der Waals surface area contributed by atoms with Crippen molar-refractivity contribution >= 4 is 40.5 Å². The summed E-state index contributed by atoms with van der Waals surface area (Å²) in [5, 5.41) is 38.4. The number of para-hydroxylation sites is 2. The highest BCUT2D eigenvalue weighted by atomic mass is 35.5. The van der Waals surface area contributed by atoms with E-state index in [9.17, 15) is 4.79 Å². The van der Waals surface area contributed by atoms with Crippen molar-refractivity contribution in [2.45, 2.75) is 6.42 Å². The summed E-state index contributed by atoms with van der Waals surface area (Å²) in [5.41, 5.74) is 1.93. The summed E-state index contributed by atoms with van der Waals surface area (Å²) in [6, 6.07) is 12.3. The van der Waals surface area contributed by atoms with E-state index in [2.05, 4.69) is 5.32 Å². The molecule has 0 radical (unpaired) electrons. The van der Waals surface area contributed by atoms with Gasteiger partial charge in [0.1, 0.15) is 0 Å². The Morgan fingerprint density at radius 1 is 0.862 bits per heavy atom. The van der Waals surface area contributed by atoms with Crippen molar-refractivity contribution in [2.75, 3.05) is 44.8 Å². The summed E-state index contributed by atoms with van der Waals surface area (Å²) >= 11 is 12.1. The van der Waals surface area contributed by atoms with Gasteiger partial charge in [-0.2, -0.15) is 0 Å². The number of nitrogens with one attached hydrogen (secondary N) is 1. The smallest absolute Gasteiger partial charge is 0.307 e. The van der Waals surface area contributed by atoms with Crippen molar-refractivity contribution in [3.05, 3.63) is 58.1 Å². The molecule has 0 aromatic heterocycles. The second kappa shape index (κ2) is 14.2. The van der Waals surface area contributed by atoms with Crippen LogP contribution in [0.2, 0.25) is 10.0 Å². The Morgan fingerprint density at radius 2 is 1.38 bits per heavy atom. The maximum atomic E-state index is 10.8. The largest absolute Gasteiger partial charge is 0.481 e. The number of aliphatic carboxylic acids is 1. The number of nitrogens with zero attached hydrogens (tertiary/aromatic N) is 1. The number of aliphatic hydroxyl groups excluding tert-OH is 3. The third-order valence-electron chi connectivity index (χ3n) is 3.83. The Bertz CT molecular complexity index is 727. The molecule has 0 bridgehead atoms. The molecule has 9 heteroatoms. The maximum Gasteiger partial charge on any atom is 0.307 e. The van der Waals surface area contributed by atoms with Crippen LogP contribution in [-0.4, -0.2) is 70.8 Å². The van der Waals surface area contributed by atoms with Gasteiger partial charge in [0.05, 0.1) is 42.0 Å². The topological polar surface area (TPSA) is 113 Å². The van der Waals surface area contributed by atoms with E-state index in [-0.39, 0.29) is 26.2 Å². The Balaban J connectivity index is 0.000000359. The van der Waals surface area contributed by atoms with E-state index in [1.165, 1.54) is 0 Å². The molecular weight excluding hydrogens is 419 g/mol. The monoisotopic (exact) mass is 444 g/mol. The van der Waals surface area contributed by atoms with Gasteiger partial charge in [0.15, 0.2) is 0 Å². The molecule has 0 aliphatic rings. The van der Waals surface area contributed by atoms with Crippen LogP contribution in [0.1, 0.15) is 5.56 Å². The highest BCUT2D eigenvalue weighted by Crippen LogP contribution is 2.33. The lowest BCUT2D eigenvalue weighted by Crippen LogP contribution is -2.32. The number of hydrogen-bond acceptors (Lipinski definition) is 6. The summed E-state index contributed by atoms with van der Waals surface area (Å²) < 4.78 is 0. The van der Waals surface area contributed by atoms with Crippen LogP contribution in [0.3, 0.4) is 0 Å². The second-order valence-electron chi connectivity index (χ2n) is 5.96. The van der Waals surface area contributed by atoms with E-state index in [0.717, 1.165) is 0 Å². The molecule has 2 rings (SSSR count). The molecule has 0 saturated carbocycles. The Hall–Kier alpha value is -1.87. The third-order valence-corrected chi connectivity index (χ3v) is 4.46. The summed E-state index contributed by atoms with van der Waals surface area (Å²) in [6.07, 6.45) is -0.0642. The minimum absolute atomic E-state index is 0.0642. The fourth-order valence-electron chi connectivity index (χ4n) is 2.47. The van der Waals surface area contributed by atoms with Gasteiger partial charge in [-0.3, -0.25) is 9.69 Å². The van der Waals surface area contributed by atoms with Crippen molar-refractivity contribution in [1.82, 2.24) is 4.90 Å². The zero-order valence-electron chi connectivity index (χ0n) is 15.9. The average Bonchev–Trinajstić information content (AvgIpc) is 2.67. The van der Waals surface area contributed by atoms with Crippen LogP contribution in [0.5, 0.6) is 0 Å². The van der Waals surface area contributed by atoms with E-state index < -0.39 is 5.97 Å². The van der Waals surface area contributed by atoms with Gasteiger partial charge >= 0.3 is 5.97 Å².